The summed E-state index contributed by atoms with van der Waals surface area (Å²) in [4.78, 5) is 24.8. The summed E-state index contributed by atoms with van der Waals surface area (Å²) < 4.78 is 11.4. The minimum atomic E-state index is -0.748. The Bertz CT molecular complexity index is 567. The van der Waals surface area contributed by atoms with Gasteiger partial charge in [-0.05, 0) is 12.1 Å². The minimum Gasteiger partial charge on any atom is -0.496 e. The quantitative estimate of drug-likeness (QED) is 0.820. The molecule has 1 atom stereocenters. The van der Waals surface area contributed by atoms with E-state index in [4.69, 9.17) is 15.2 Å². The van der Waals surface area contributed by atoms with Crippen LogP contribution in [0.1, 0.15) is 5.56 Å². The number of methoxy groups -OCH3 is 1. The van der Waals surface area contributed by atoms with Crippen molar-refractivity contribution in [2.75, 3.05) is 26.8 Å². The lowest BCUT2D eigenvalue weighted by Gasteiger charge is -2.31. The molecule has 0 spiro atoms. The third-order valence-corrected chi connectivity index (χ3v) is 3.84. The van der Waals surface area contributed by atoms with Gasteiger partial charge in [-0.25, -0.2) is 4.79 Å². The second kappa shape index (κ2) is 7.46. The van der Waals surface area contributed by atoms with Crippen molar-refractivity contribution in [1.29, 1.82) is 0 Å². The topological polar surface area (TPSA) is 93.9 Å². The molecule has 1 aliphatic heterocycles. The monoisotopic (exact) mass is 371 g/mol. The summed E-state index contributed by atoms with van der Waals surface area (Å²) >= 11 is 3.37. The van der Waals surface area contributed by atoms with Gasteiger partial charge in [0.15, 0.2) is 6.10 Å². The molecule has 0 aliphatic carbocycles. The largest absolute Gasteiger partial charge is 0.496 e. The van der Waals surface area contributed by atoms with E-state index in [0.717, 1.165) is 10.0 Å². The second-order valence-corrected chi connectivity index (χ2v) is 5.74. The molecule has 8 heteroatoms. The van der Waals surface area contributed by atoms with E-state index in [1.807, 2.05) is 18.2 Å². The van der Waals surface area contributed by atoms with Gasteiger partial charge in [0.2, 0.25) is 5.91 Å². The Labute approximate surface area is 136 Å². The van der Waals surface area contributed by atoms with Crippen molar-refractivity contribution in [1.82, 2.24) is 10.2 Å². The molecule has 0 aromatic heterocycles. The number of benzene rings is 1. The molecule has 1 aromatic rings. The number of nitrogens with two attached hydrogens (primary N) is 1. The van der Waals surface area contributed by atoms with Crippen LogP contribution in [-0.4, -0.2) is 49.7 Å². The van der Waals surface area contributed by atoms with Crippen LogP contribution in [0.5, 0.6) is 5.75 Å². The SMILES string of the molecule is COc1cc(Br)ccc1CNC(=O)N1CCOC(C(N)=O)C1. The minimum absolute atomic E-state index is 0.165. The van der Waals surface area contributed by atoms with Gasteiger partial charge in [-0.1, -0.05) is 22.0 Å². The normalized spacial score (nSPS) is 17.9. The fourth-order valence-electron chi connectivity index (χ4n) is 2.15. The van der Waals surface area contributed by atoms with Crippen LogP contribution in [0.15, 0.2) is 22.7 Å². The number of primary amides is 1. The molecule has 1 fully saturated rings. The molecule has 3 amide bonds. The van der Waals surface area contributed by atoms with Crippen LogP contribution >= 0.6 is 15.9 Å². The zero-order valence-corrected chi connectivity index (χ0v) is 13.8. The standard InChI is InChI=1S/C14H18BrN3O4/c1-21-11-6-10(15)3-2-9(11)7-17-14(20)18-4-5-22-12(8-18)13(16)19/h2-3,6,12H,4-5,7-8H2,1H3,(H2,16,19)(H,17,20). The highest BCUT2D eigenvalue weighted by Crippen LogP contribution is 2.23. The van der Waals surface area contributed by atoms with E-state index in [-0.39, 0.29) is 12.6 Å². The number of ether oxygens (including phenoxy) is 2. The van der Waals surface area contributed by atoms with E-state index in [1.54, 1.807) is 7.11 Å². The van der Waals surface area contributed by atoms with Gasteiger partial charge in [0.1, 0.15) is 5.75 Å². The Kier molecular flexibility index (Phi) is 5.62. The Hall–Kier alpha value is -1.80. The van der Waals surface area contributed by atoms with E-state index in [2.05, 4.69) is 21.2 Å². The molecule has 7 nitrogen and oxygen atoms in total. The number of carbonyl (C=O) groups is 2. The van der Waals surface area contributed by atoms with Crippen molar-refractivity contribution in [3.05, 3.63) is 28.2 Å². The fourth-order valence-corrected chi connectivity index (χ4v) is 2.49. The molecule has 0 bridgehead atoms. The summed E-state index contributed by atoms with van der Waals surface area (Å²) in [5, 5.41) is 2.81. The van der Waals surface area contributed by atoms with Crippen LogP contribution in [0, 0.1) is 0 Å². The third kappa shape index (κ3) is 4.11. The van der Waals surface area contributed by atoms with Crippen LogP contribution in [-0.2, 0) is 16.1 Å². The summed E-state index contributed by atoms with van der Waals surface area (Å²) in [6.07, 6.45) is -0.748. The number of morpholine rings is 1. The van der Waals surface area contributed by atoms with Crippen molar-refractivity contribution in [3.8, 4) is 5.75 Å². The van der Waals surface area contributed by atoms with Crippen molar-refractivity contribution in [2.24, 2.45) is 5.73 Å². The Morgan fingerprint density at radius 2 is 2.32 bits per heavy atom. The molecule has 1 aliphatic rings. The van der Waals surface area contributed by atoms with Gasteiger partial charge in [-0.3, -0.25) is 4.79 Å². The molecular formula is C14H18BrN3O4. The molecular weight excluding hydrogens is 354 g/mol. The van der Waals surface area contributed by atoms with Gasteiger partial charge in [-0.2, -0.15) is 0 Å². The maximum absolute atomic E-state index is 12.2. The molecule has 0 radical (unpaired) electrons. The third-order valence-electron chi connectivity index (χ3n) is 3.35. The molecule has 0 saturated carbocycles. The molecule has 22 heavy (non-hydrogen) atoms. The van der Waals surface area contributed by atoms with Crippen LogP contribution < -0.4 is 15.8 Å². The summed E-state index contributed by atoms with van der Waals surface area (Å²) in [7, 11) is 1.58. The van der Waals surface area contributed by atoms with E-state index >= 15 is 0 Å². The summed E-state index contributed by atoms with van der Waals surface area (Å²) in [6.45, 7) is 1.21. The van der Waals surface area contributed by atoms with Gasteiger partial charge >= 0.3 is 6.03 Å². The highest BCUT2D eigenvalue weighted by molar-refractivity contribution is 9.10. The first-order chi connectivity index (χ1) is 10.5. The lowest BCUT2D eigenvalue weighted by atomic mass is 10.2. The average Bonchev–Trinajstić information content (AvgIpc) is 2.53. The number of nitrogens with zero attached hydrogens (tertiary/aromatic N) is 1. The van der Waals surface area contributed by atoms with Gasteiger partial charge in [0.05, 0.1) is 20.3 Å². The summed E-state index contributed by atoms with van der Waals surface area (Å²) in [5.74, 6) is 0.124. The maximum atomic E-state index is 12.2. The van der Waals surface area contributed by atoms with Gasteiger partial charge in [0.25, 0.3) is 0 Å². The first-order valence-corrected chi connectivity index (χ1v) is 7.56. The van der Waals surface area contributed by atoms with Crippen molar-refractivity contribution < 1.29 is 19.1 Å². The lowest BCUT2D eigenvalue weighted by molar-refractivity contribution is -0.133. The van der Waals surface area contributed by atoms with Crippen molar-refractivity contribution in [2.45, 2.75) is 12.6 Å². The zero-order valence-electron chi connectivity index (χ0n) is 12.2. The number of halogens is 1. The number of hydrogen-bond donors (Lipinski definition) is 2. The molecule has 1 unspecified atom stereocenters. The average molecular weight is 372 g/mol. The highest BCUT2D eigenvalue weighted by Gasteiger charge is 2.27. The molecule has 120 valence electrons. The number of amides is 3. The predicted octanol–water partition coefficient (Wildman–Crippen LogP) is 0.853. The van der Waals surface area contributed by atoms with Crippen LogP contribution in [0.4, 0.5) is 4.79 Å². The van der Waals surface area contributed by atoms with Gasteiger partial charge in [0, 0.05) is 23.1 Å². The fraction of sp³-hybridized carbons (Fsp3) is 0.429. The van der Waals surface area contributed by atoms with E-state index in [1.165, 1.54) is 4.90 Å². The summed E-state index contributed by atoms with van der Waals surface area (Å²) in [5.41, 5.74) is 6.06. The number of rotatable bonds is 4. The Balaban J connectivity index is 1.94. The van der Waals surface area contributed by atoms with Crippen molar-refractivity contribution >= 4 is 27.9 Å². The van der Waals surface area contributed by atoms with Crippen LogP contribution in [0.3, 0.4) is 0 Å². The van der Waals surface area contributed by atoms with E-state index in [9.17, 15) is 9.59 Å². The summed E-state index contributed by atoms with van der Waals surface area (Å²) in [6, 6.07) is 5.31. The number of nitrogens with one attached hydrogen (secondary N) is 1. The molecule has 2 rings (SSSR count). The maximum Gasteiger partial charge on any atom is 0.317 e. The van der Waals surface area contributed by atoms with Crippen LogP contribution in [0.25, 0.3) is 0 Å². The Morgan fingerprint density at radius 3 is 3.00 bits per heavy atom. The van der Waals surface area contributed by atoms with Gasteiger partial charge in [-0.15, -0.1) is 0 Å². The van der Waals surface area contributed by atoms with E-state index in [0.29, 0.717) is 25.4 Å². The number of carbonyl (C=O) groups excluding carboxylic acids is 2. The zero-order chi connectivity index (χ0) is 16.1. The van der Waals surface area contributed by atoms with Crippen LogP contribution in [0.2, 0.25) is 0 Å². The number of urea groups is 1. The first kappa shape index (κ1) is 16.6. The lowest BCUT2D eigenvalue weighted by Crippen LogP contribution is -2.53. The molecule has 3 N–H and O–H groups in total. The second-order valence-electron chi connectivity index (χ2n) is 4.82. The first-order valence-electron chi connectivity index (χ1n) is 6.77. The van der Waals surface area contributed by atoms with Crippen molar-refractivity contribution in [3.63, 3.8) is 0 Å². The molecule has 1 heterocycles. The smallest absolute Gasteiger partial charge is 0.317 e. The number of hydrogen-bond acceptors (Lipinski definition) is 4. The predicted molar refractivity (Wildman–Crippen MR) is 83.4 cm³/mol. The Morgan fingerprint density at radius 1 is 1.55 bits per heavy atom. The molecule has 1 saturated heterocycles. The highest BCUT2D eigenvalue weighted by atomic mass is 79.9. The molecule has 1 aromatic carbocycles. The van der Waals surface area contributed by atoms with Gasteiger partial charge < -0.3 is 25.4 Å². The van der Waals surface area contributed by atoms with E-state index < -0.39 is 12.0 Å².